The Morgan fingerprint density at radius 3 is 2.45 bits per heavy atom. The number of carbonyl (C=O) groups excluding carboxylic acids is 1. The molecule has 0 saturated carbocycles. The Labute approximate surface area is 132 Å². The number of hydrogen-bond donors (Lipinski definition) is 1. The first-order chi connectivity index (χ1) is 9.65. The van der Waals surface area contributed by atoms with Crippen LogP contribution in [0, 0.1) is 0 Å². The predicted octanol–water partition coefficient (Wildman–Crippen LogP) is 4.71. The van der Waals surface area contributed by atoms with Gasteiger partial charge >= 0.3 is 0 Å². The van der Waals surface area contributed by atoms with Crippen LogP contribution in [0.5, 0.6) is 0 Å². The number of rotatable bonds is 5. The largest absolute Gasteiger partial charge is 0.325 e. The molecular weight excluding hydrogens is 334 g/mol. The summed E-state index contributed by atoms with van der Waals surface area (Å²) in [6, 6.07) is 17.7. The second-order valence-electron chi connectivity index (χ2n) is 4.43. The van der Waals surface area contributed by atoms with Crippen molar-refractivity contribution in [1.82, 2.24) is 0 Å². The summed E-state index contributed by atoms with van der Waals surface area (Å²) < 4.78 is 1.07. The molecule has 1 atom stereocenters. The number of carbonyl (C=O) groups is 1. The zero-order valence-electron chi connectivity index (χ0n) is 11.2. The number of halogens is 1. The van der Waals surface area contributed by atoms with Crippen molar-refractivity contribution < 1.29 is 4.79 Å². The van der Waals surface area contributed by atoms with Gasteiger partial charge in [0.05, 0.1) is 5.25 Å². The number of amides is 1. The van der Waals surface area contributed by atoms with Crippen LogP contribution in [0.15, 0.2) is 59.1 Å². The Balaban J connectivity index is 1.83. The van der Waals surface area contributed by atoms with Gasteiger partial charge in [0.25, 0.3) is 0 Å². The molecule has 2 nitrogen and oxygen atoms in total. The van der Waals surface area contributed by atoms with E-state index < -0.39 is 0 Å². The quantitative estimate of drug-likeness (QED) is 0.846. The van der Waals surface area contributed by atoms with Crippen molar-refractivity contribution in [3.63, 3.8) is 0 Å². The molecule has 0 heterocycles. The highest BCUT2D eigenvalue weighted by molar-refractivity contribution is 9.10. The number of para-hydroxylation sites is 1. The zero-order valence-corrected chi connectivity index (χ0v) is 13.6. The molecule has 1 amide bonds. The monoisotopic (exact) mass is 349 g/mol. The number of thioether (sulfide) groups is 1. The fraction of sp³-hybridized carbons (Fsp3) is 0.188. The van der Waals surface area contributed by atoms with Crippen molar-refractivity contribution in [3.05, 3.63) is 64.6 Å². The van der Waals surface area contributed by atoms with E-state index in [1.54, 1.807) is 11.8 Å². The maximum Gasteiger partial charge on any atom is 0.237 e. The smallest absolute Gasteiger partial charge is 0.237 e. The van der Waals surface area contributed by atoms with E-state index in [9.17, 15) is 4.79 Å². The molecule has 0 fully saturated rings. The molecule has 0 spiro atoms. The summed E-state index contributed by atoms with van der Waals surface area (Å²) in [5.41, 5.74) is 2.06. The second-order valence-corrected chi connectivity index (χ2v) is 6.68. The van der Waals surface area contributed by atoms with E-state index in [1.165, 1.54) is 5.56 Å². The van der Waals surface area contributed by atoms with Crippen LogP contribution in [0.2, 0.25) is 0 Å². The molecule has 0 radical (unpaired) electrons. The summed E-state index contributed by atoms with van der Waals surface area (Å²) >= 11 is 5.05. The summed E-state index contributed by atoms with van der Waals surface area (Å²) in [6.45, 7) is 1.93. The summed E-state index contributed by atoms with van der Waals surface area (Å²) in [4.78, 5) is 12.0. The fourth-order valence-corrected chi connectivity index (χ4v) is 2.75. The molecule has 0 bridgehead atoms. The fourth-order valence-electron chi connectivity index (χ4n) is 1.64. The zero-order chi connectivity index (χ0) is 14.4. The minimum atomic E-state index is -0.0844. The van der Waals surface area contributed by atoms with Gasteiger partial charge in [-0.15, -0.1) is 11.8 Å². The van der Waals surface area contributed by atoms with E-state index in [-0.39, 0.29) is 11.2 Å². The van der Waals surface area contributed by atoms with E-state index in [0.29, 0.717) is 0 Å². The lowest BCUT2D eigenvalue weighted by Crippen LogP contribution is -2.22. The van der Waals surface area contributed by atoms with Gasteiger partial charge in [-0.3, -0.25) is 4.79 Å². The van der Waals surface area contributed by atoms with Crippen LogP contribution in [-0.4, -0.2) is 11.2 Å². The highest BCUT2D eigenvalue weighted by Crippen LogP contribution is 2.20. The van der Waals surface area contributed by atoms with E-state index in [4.69, 9.17) is 0 Å². The molecule has 104 valence electrons. The standard InChI is InChI=1S/C16H16BrNOS/c1-12(16(19)18-15-5-3-2-4-6-15)20-11-13-7-9-14(17)10-8-13/h2-10,12H,11H2,1H3,(H,18,19). The maximum atomic E-state index is 12.0. The van der Waals surface area contributed by atoms with Gasteiger partial charge in [0.1, 0.15) is 0 Å². The first kappa shape index (κ1) is 15.1. The predicted molar refractivity (Wildman–Crippen MR) is 90.0 cm³/mol. The molecule has 0 aliphatic carbocycles. The summed E-state index contributed by atoms with van der Waals surface area (Å²) in [6.07, 6.45) is 0. The van der Waals surface area contributed by atoms with Crippen LogP contribution < -0.4 is 5.32 Å². The Bertz CT molecular complexity index is 556. The highest BCUT2D eigenvalue weighted by Gasteiger charge is 2.13. The summed E-state index contributed by atoms with van der Waals surface area (Å²) in [7, 11) is 0. The van der Waals surface area contributed by atoms with Gasteiger partial charge in [0.2, 0.25) is 5.91 Å². The van der Waals surface area contributed by atoms with E-state index >= 15 is 0 Å². The topological polar surface area (TPSA) is 29.1 Å². The minimum Gasteiger partial charge on any atom is -0.325 e. The molecular formula is C16H16BrNOS. The van der Waals surface area contributed by atoms with Crippen molar-refractivity contribution in [2.75, 3.05) is 5.32 Å². The second kappa shape index (κ2) is 7.50. The number of benzene rings is 2. The number of hydrogen-bond acceptors (Lipinski definition) is 2. The van der Waals surface area contributed by atoms with Gasteiger partial charge in [-0.1, -0.05) is 46.3 Å². The van der Waals surface area contributed by atoms with Crippen molar-refractivity contribution >= 4 is 39.3 Å². The van der Waals surface area contributed by atoms with Crippen LogP contribution in [0.4, 0.5) is 5.69 Å². The van der Waals surface area contributed by atoms with E-state index in [1.807, 2.05) is 49.4 Å². The lowest BCUT2D eigenvalue weighted by molar-refractivity contribution is -0.115. The van der Waals surface area contributed by atoms with Gasteiger partial charge in [-0.25, -0.2) is 0 Å². The van der Waals surface area contributed by atoms with Crippen LogP contribution in [-0.2, 0) is 10.5 Å². The van der Waals surface area contributed by atoms with E-state index in [0.717, 1.165) is 15.9 Å². The summed E-state index contributed by atoms with van der Waals surface area (Å²) in [5, 5.41) is 2.84. The van der Waals surface area contributed by atoms with Crippen molar-refractivity contribution in [3.8, 4) is 0 Å². The van der Waals surface area contributed by atoms with E-state index in [2.05, 4.69) is 33.4 Å². The highest BCUT2D eigenvalue weighted by atomic mass is 79.9. The van der Waals surface area contributed by atoms with Crippen molar-refractivity contribution in [2.24, 2.45) is 0 Å². The van der Waals surface area contributed by atoms with Gasteiger partial charge in [-0.2, -0.15) is 0 Å². The molecule has 0 aliphatic rings. The van der Waals surface area contributed by atoms with Crippen LogP contribution in [0.3, 0.4) is 0 Å². The van der Waals surface area contributed by atoms with Crippen LogP contribution in [0.25, 0.3) is 0 Å². The first-order valence-electron chi connectivity index (χ1n) is 6.37. The lowest BCUT2D eigenvalue weighted by Gasteiger charge is -2.12. The number of anilines is 1. The molecule has 0 saturated heterocycles. The molecule has 1 unspecified atom stereocenters. The Morgan fingerprint density at radius 2 is 1.80 bits per heavy atom. The molecule has 1 N–H and O–H groups in total. The molecule has 20 heavy (non-hydrogen) atoms. The van der Waals surface area contributed by atoms with Gasteiger partial charge in [-0.05, 0) is 36.8 Å². The third-order valence-corrected chi connectivity index (χ3v) is 4.57. The van der Waals surface area contributed by atoms with Gasteiger partial charge < -0.3 is 5.32 Å². The molecule has 0 aromatic heterocycles. The number of nitrogens with one attached hydrogen (secondary N) is 1. The maximum absolute atomic E-state index is 12.0. The molecule has 4 heteroatoms. The SMILES string of the molecule is CC(SCc1ccc(Br)cc1)C(=O)Nc1ccccc1. The third-order valence-electron chi connectivity index (χ3n) is 2.82. The molecule has 2 rings (SSSR count). The van der Waals surface area contributed by atoms with Crippen LogP contribution in [0.1, 0.15) is 12.5 Å². The van der Waals surface area contributed by atoms with Gasteiger partial charge in [0, 0.05) is 15.9 Å². The van der Waals surface area contributed by atoms with Gasteiger partial charge in [0.15, 0.2) is 0 Å². The minimum absolute atomic E-state index is 0.0401. The average molecular weight is 350 g/mol. The Morgan fingerprint density at radius 1 is 1.15 bits per heavy atom. The normalized spacial score (nSPS) is 11.9. The summed E-state index contributed by atoms with van der Waals surface area (Å²) in [5.74, 6) is 0.870. The van der Waals surface area contributed by atoms with Crippen molar-refractivity contribution in [1.29, 1.82) is 0 Å². The first-order valence-corrected chi connectivity index (χ1v) is 8.21. The molecule has 0 aliphatic heterocycles. The van der Waals surface area contributed by atoms with Crippen molar-refractivity contribution in [2.45, 2.75) is 17.9 Å². The Kier molecular flexibility index (Phi) is 5.68. The Hall–Kier alpha value is -1.26. The lowest BCUT2D eigenvalue weighted by atomic mass is 10.2. The molecule has 2 aromatic carbocycles. The third kappa shape index (κ3) is 4.69. The average Bonchev–Trinajstić information content (AvgIpc) is 2.47. The van der Waals surface area contributed by atoms with Crippen LogP contribution >= 0.6 is 27.7 Å². The molecule has 2 aromatic rings.